The minimum atomic E-state index is -0.741. The summed E-state index contributed by atoms with van der Waals surface area (Å²) in [7, 11) is 0. The van der Waals surface area contributed by atoms with Crippen LogP contribution < -0.4 is 15.5 Å². The molecular formula is C20H31N5O3. The fourth-order valence-electron chi connectivity index (χ4n) is 3.89. The van der Waals surface area contributed by atoms with Crippen molar-refractivity contribution in [3.63, 3.8) is 0 Å². The molecule has 1 atom stereocenters. The van der Waals surface area contributed by atoms with Crippen LogP contribution in [0.2, 0.25) is 0 Å². The molecule has 2 fully saturated rings. The fraction of sp³-hybridized carbons (Fsp3) is 0.600. The van der Waals surface area contributed by atoms with Crippen molar-refractivity contribution in [3.05, 3.63) is 23.8 Å². The Labute approximate surface area is 166 Å². The number of carbonyl (C=O) groups is 2. The maximum Gasteiger partial charge on any atom is 0.322 e. The number of piperazine rings is 1. The summed E-state index contributed by atoms with van der Waals surface area (Å²) in [6.45, 7) is 11.5. The number of aliphatic hydroxyl groups is 1. The van der Waals surface area contributed by atoms with Crippen LogP contribution in [0.4, 0.5) is 21.0 Å². The van der Waals surface area contributed by atoms with Crippen LogP contribution in [0, 0.1) is 6.92 Å². The third-order valence-corrected chi connectivity index (χ3v) is 5.20. The molecule has 8 nitrogen and oxygen atoms in total. The molecule has 0 saturated carbocycles. The predicted octanol–water partition coefficient (Wildman–Crippen LogP) is 1.83. The third kappa shape index (κ3) is 4.74. The van der Waals surface area contributed by atoms with Crippen molar-refractivity contribution in [2.45, 2.75) is 39.3 Å². The second-order valence-corrected chi connectivity index (χ2v) is 8.40. The molecule has 3 rings (SSSR count). The summed E-state index contributed by atoms with van der Waals surface area (Å²) in [5.74, 6) is 0. The van der Waals surface area contributed by atoms with Gasteiger partial charge in [0.1, 0.15) is 0 Å². The highest BCUT2D eigenvalue weighted by Gasteiger charge is 2.30. The van der Waals surface area contributed by atoms with Crippen LogP contribution >= 0.6 is 0 Å². The molecule has 28 heavy (non-hydrogen) atoms. The molecule has 2 saturated heterocycles. The summed E-state index contributed by atoms with van der Waals surface area (Å²) in [6.07, 6.45) is 0. The molecule has 0 spiro atoms. The number of hydrogen-bond acceptors (Lipinski definition) is 4. The van der Waals surface area contributed by atoms with E-state index in [0.29, 0.717) is 26.2 Å². The van der Waals surface area contributed by atoms with Crippen molar-refractivity contribution in [1.29, 1.82) is 0 Å². The number of benzene rings is 1. The van der Waals surface area contributed by atoms with Crippen molar-refractivity contribution in [2.75, 3.05) is 49.5 Å². The van der Waals surface area contributed by atoms with E-state index in [2.05, 4.69) is 15.5 Å². The Kier molecular flexibility index (Phi) is 5.81. The summed E-state index contributed by atoms with van der Waals surface area (Å²) in [5, 5.41) is 15.8. The molecule has 0 aliphatic carbocycles. The number of nitrogens with one attached hydrogen (secondary N) is 2. The molecular weight excluding hydrogens is 358 g/mol. The average Bonchev–Trinajstić information content (AvgIpc) is 3.01. The van der Waals surface area contributed by atoms with Crippen LogP contribution in [-0.4, -0.2) is 77.9 Å². The number of nitrogens with zero attached hydrogens (tertiary/aromatic N) is 3. The highest BCUT2D eigenvalue weighted by Crippen LogP contribution is 2.24. The number of hydrogen-bond donors (Lipinski definition) is 3. The smallest absolute Gasteiger partial charge is 0.322 e. The minimum absolute atomic E-state index is 0.0592. The Balaban J connectivity index is 1.61. The standard InChI is InChI=1S/C20H31N5O3/c1-14-11-16(25-8-7-21-18(25)26)5-6-17(14)22-19(27)24-10-9-23(12-15(24)2)13-20(3,4)28/h5-6,11,15,28H,7-10,12-13H2,1-4H3,(H,21,26)(H,22,27). The fourth-order valence-corrected chi connectivity index (χ4v) is 3.89. The second kappa shape index (κ2) is 7.97. The normalized spacial score (nSPS) is 21.0. The minimum Gasteiger partial charge on any atom is -0.389 e. The Morgan fingerprint density at radius 3 is 2.64 bits per heavy atom. The van der Waals surface area contributed by atoms with Crippen molar-refractivity contribution in [1.82, 2.24) is 15.1 Å². The Morgan fingerprint density at radius 1 is 1.32 bits per heavy atom. The van der Waals surface area contributed by atoms with Crippen LogP contribution in [0.1, 0.15) is 26.3 Å². The summed E-state index contributed by atoms with van der Waals surface area (Å²) in [4.78, 5) is 30.3. The zero-order valence-electron chi connectivity index (χ0n) is 17.2. The Bertz CT molecular complexity index is 746. The maximum absolute atomic E-state index is 12.8. The largest absolute Gasteiger partial charge is 0.389 e. The van der Waals surface area contributed by atoms with Gasteiger partial charge in [-0.3, -0.25) is 9.80 Å². The molecule has 8 heteroatoms. The quantitative estimate of drug-likeness (QED) is 0.733. The number of urea groups is 2. The van der Waals surface area contributed by atoms with E-state index in [1.165, 1.54) is 0 Å². The van der Waals surface area contributed by atoms with E-state index in [4.69, 9.17) is 0 Å². The van der Waals surface area contributed by atoms with Crippen LogP contribution in [0.5, 0.6) is 0 Å². The summed E-state index contributed by atoms with van der Waals surface area (Å²) in [6, 6.07) is 5.48. The highest BCUT2D eigenvalue weighted by molar-refractivity contribution is 5.95. The number of anilines is 2. The lowest BCUT2D eigenvalue weighted by molar-refractivity contribution is 0.0130. The Hall–Kier alpha value is -2.32. The van der Waals surface area contributed by atoms with Crippen LogP contribution in [0.25, 0.3) is 0 Å². The molecule has 0 radical (unpaired) electrons. The molecule has 2 aliphatic heterocycles. The van der Waals surface area contributed by atoms with Gasteiger partial charge in [0.15, 0.2) is 0 Å². The molecule has 0 bridgehead atoms. The van der Waals surface area contributed by atoms with Crippen molar-refractivity contribution in [3.8, 4) is 0 Å². The van der Waals surface area contributed by atoms with Gasteiger partial charge in [-0.1, -0.05) is 0 Å². The monoisotopic (exact) mass is 389 g/mol. The second-order valence-electron chi connectivity index (χ2n) is 8.40. The van der Waals surface area contributed by atoms with Gasteiger partial charge in [-0.05, 0) is 51.5 Å². The molecule has 1 unspecified atom stereocenters. The van der Waals surface area contributed by atoms with E-state index in [9.17, 15) is 14.7 Å². The molecule has 1 aromatic rings. The van der Waals surface area contributed by atoms with E-state index < -0.39 is 5.60 Å². The number of β-amino-alcohol motifs (C(OH)–C–C–N with tert-alkyl or cyclic N) is 1. The first-order valence-corrected chi connectivity index (χ1v) is 9.82. The molecule has 4 amide bonds. The van der Waals surface area contributed by atoms with Crippen molar-refractivity contribution in [2.24, 2.45) is 0 Å². The van der Waals surface area contributed by atoms with Gasteiger partial charge in [0.2, 0.25) is 0 Å². The molecule has 0 aromatic heterocycles. The van der Waals surface area contributed by atoms with E-state index in [1.807, 2.05) is 36.9 Å². The lowest BCUT2D eigenvalue weighted by Crippen LogP contribution is -2.57. The first-order chi connectivity index (χ1) is 13.1. The van der Waals surface area contributed by atoms with Gasteiger partial charge in [0, 0.05) is 56.7 Å². The molecule has 154 valence electrons. The topological polar surface area (TPSA) is 88.2 Å². The number of carbonyl (C=O) groups excluding carboxylic acids is 2. The number of aryl methyl sites for hydroxylation is 1. The van der Waals surface area contributed by atoms with Gasteiger partial charge in [-0.25, -0.2) is 9.59 Å². The van der Waals surface area contributed by atoms with E-state index in [1.54, 1.807) is 18.7 Å². The zero-order valence-corrected chi connectivity index (χ0v) is 17.2. The summed E-state index contributed by atoms with van der Waals surface area (Å²) >= 11 is 0. The van der Waals surface area contributed by atoms with Crippen LogP contribution in [0.3, 0.4) is 0 Å². The van der Waals surface area contributed by atoms with E-state index in [-0.39, 0.29) is 18.1 Å². The summed E-state index contributed by atoms with van der Waals surface area (Å²) < 4.78 is 0. The van der Waals surface area contributed by atoms with E-state index in [0.717, 1.165) is 30.0 Å². The van der Waals surface area contributed by atoms with Gasteiger partial charge in [-0.15, -0.1) is 0 Å². The third-order valence-electron chi connectivity index (χ3n) is 5.20. The lowest BCUT2D eigenvalue weighted by atomic mass is 10.1. The Morgan fingerprint density at radius 2 is 2.07 bits per heavy atom. The molecule has 1 aromatic carbocycles. The number of rotatable bonds is 4. The average molecular weight is 390 g/mol. The van der Waals surface area contributed by atoms with Gasteiger partial charge in [0.25, 0.3) is 0 Å². The van der Waals surface area contributed by atoms with Gasteiger partial charge in [-0.2, -0.15) is 0 Å². The van der Waals surface area contributed by atoms with Gasteiger partial charge < -0.3 is 20.6 Å². The molecule has 2 aliphatic rings. The number of amides is 4. The van der Waals surface area contributed by atoms with Crippen molar-refractivity contribution < 1.29 is 14.7 Å². The zero-order chi connectivity index (χ0) is 20.5. The van der Waals surface area contributed by atoms with Crippen molar-refractivity contribution >= 4 is 23.4 Å². The van der Waals surface area contributed by atoms with Gasteiger partial charge >= 0.3 is 12.1 Å². The van der Waals surface area contributed by atoms with Crippen LogP contribution in [-0.2, 0) is 0 Å². The predicted molar refractivity (Wildman–Crippen MR) is 110 cm³/mol. The lowest BCUT2D eigenvalue weighted by Gasteiger charge is -2.41. The first-order valence-electron chi connectivity index (χ1n) is 9.82. The van der Waals surface area contributed by atoms with Crippen LogP contribution in [0.15, 0.2) is 18.2 Å². The summed E-state index contributed by atoms with van der Waals surface area (Å²) in [5.41, 5.74) is 1.76. The molecule has 2 heterocycles. The van der Waals surface area contributed by atoms with E-state index >= 15 is 0 Å². The maximum atomic E-state index is 12.8. The van der Waals surface area contributed by atoms with Gasteiger partial charge in [0.05, 0.1) is 5.60 Å². The SMILES string of the molecule is Cc1cc(N2CCNC2=O)ccc1NC(=O)N1CCN(CC(C)(C)O)CC1C. The molecule has 3 N–H and O–H groups in total. The highest BCUT2D eigenvalue weighted by atomic mass is 16.3. The first kappa shape index (κ1) is 20.4.